The number of methoxy groups -OCH3 is 1. The smallest absolute Gasteiger partial charge is 0.247 e. The summed E-state index contributed by atoms with van der Waals surface area (Å²) in [6.45, 7) is 2.07. The average Bonchev–Trinajstić information content (AvgIpc) is 3.40. The summed E-state index contributed by atoms with van der Waals surface area (Å²) in [5.41, 5.74) is 3.29. The molecule has 0 N–H and O–H groups in total. The molecule has 0 saturated heterocycles. The molecule has 0 aliphatic heterocycles. The zero-order valence-electron chi connectivity index (χ0n) is 18.2. The molecule has 0 fully saturated rings. The zero-order chi connectivity index (χ0) is 22.5. The van der Waals surface area contributed by atoms with Crippen molar-refractivity contribution < 1.29 is 9.15 Å². The highest BCUT2D eigenvalue weighted by molar-refractivity contribution is 7.98. The molecule has 0 amide bonds. The predicted molar refractivity (Wildman–Crippen MR) is 125 cm³/mol. The normalized spacial score (nSPS) is 11.1. The van der Waals surface area contributed by atoms with Crippen LogP contribution in [-0.2, 0) is 25.6 Å². The Morgan fingerprint density at radius 1 is 1.03 bits per heavy atom. The standard InChI is InChI=1S/C23H24ClN5O2S/c1-15-13-16(7-12-19(15)30-3)5-4-6-20-25-28-23(29(20)2)32-14-21-26-27-22(31-21)17-8-10-18(24)11-9-17/h7-13H,4-6,14H2,1-3H3. The molecule has 7 nitrogen and oxygen atoms in total. The lowest BCUT2D eigenvalue weighted by molar-refractivity contribution is 0.411. The van der Waals surface area contributed by atoms with Crippen LogP contribution in [0.5, 0.6) is 5.75 Å². The van der Waals surface area contributed by atoms with Crippen LogP contribution >= 0.6 is 23.4 Å². The van der Waals surface area contributed by atoms with Crippen LogP contribution in [0.25, 0.3) is 11.5 Å². The van der Waals surface area contributed by atoms with Crippen LogP contribution in [-0.4, -0.2) is 32.1 Å². The Hall–Kier alpha value is -2.84. The molecule has 166 valence electrons. The molecule has 0 atom stereocenters. The fraction of sp³-hybridized carbons (Fsp3) is 0.304. The van der Waals surface area contributed by atoms with Crippen molar-refractivity contribution in [2.24, 2.45) is 7.05 Å². The van der Waals surface area contributed by atoms with Gasteiger partial charge in [-0.3, -0.25) is 0 Å². The molecule has 0 spiro atoms. The highest BCUT2D eigenvalue weighted by atomic mass is 35.5. The van der Waals surface area contributed by atoms with Gasteiger partial charge in [0, 0.05) is 24.1 Å². The third kappa shape index (κ3) is 5.31. The molecule has 4 rings (SSSR count). The van der Waals surface area contributed by atoms with Crippen LogP contribution in [0.1, 0.15) is 29.3 Å². The van der Waals surface area contributed by atoms with E-state index in [0.717, 1.165) is 47.1 Å². The monoisotopic (exact) mass is 469 g/mol. The third-order valence-electron chi connectivity index (χ3n) is 5.13. The van der Waals surface area contributed by atoms with Crippen molar-refractivity contribution in [2.75, 3.05) is 7.11 Å². The molecule has 0 bridgehead atoms. The molecule has 0 aliphatic rings. The molecular formula is C23H24ClN5O2S. The van der Waals surface area contributed by atoms with Gasteiger partial charge in [-0.25, -0.2) is 0 Å². The van der Waals surface area contributed by atoms with Crippen molar-refractivity contribution in [1.82, 2.24) is 25.0 Å². The maximum atomic E-state index is 5.93. The van der Waals surface area contributed by atoms with Crippen molar-refractivity contribution in [3.8, 4) is 17.2 Å². The van der Waals surface area contributed by atoms with E-state index in [9.17, 15) is 0 Å². The first-order chi connectivity index (χ1) is 15.5. The Morgan fingerprint density at radius 3 is 2.59 bits per heavy atom. The van der Waals surface area contributed by atoms with Gasteiger partial charge in [0.1, 0.15) is 11.6 Å². The van der Waals surface area contributed by atoms with Gasteiger partial charge in [0.2, 0.25) is 11.8 Å². The molecule has 0 unspecified atom stereocenters. The summed E-state index contributed by atoms with van der Waals surface area (Å²) >= 11 is 7.46. The van der Waals surface area contributed by atoms with Crippen LogP contribution in [0.4, 0.5) is 0 Å². The number of nitrogens with zero attached hydrogens (tertiary/aromatic N) is 5. The Morgan fingerprint density at radius 2 is 1.84 bits per heavy atom. The van der Waals surface area contributed by atoms with E-state index >= 15 is 0 Å². The average molecular weight is 470 g/mol. The van der Waals surface area contributed by atoms with E-state index < -0.39 is 0 Å². The minimum atomic E-state index is 0.477. The van der Waals surface area contributed by atoms with Crippen LogP contribution in [0, 0.1) is 6.92 Å². The molecule has 9 heteroatoms. The number of hydrogen-bond donors (Lipinski definition) is 0. The van der Waals surface area contributed by atoms with E-state index in [1.807, 2.05) is 29.8 Å². The summed E-state index contributed by atoms with van der Waals surface area (Å²) in [6, 6.07) is 13.6. The van der Waals surface area contributed by atoms with Gasteiger partial charge >= 0.3 is 0 Å². The first-order valence-electron chi connectivity index (χ1n) is 10.3. The van der Waals surface area contributed by atoms with Gasteiger partial charge in [0.15, 0.2) is 5.16 Å². The summed E-state index contributed by atoms with van der Waals surface area (Å²) in [5.74, 6) is 3.43. The maximum absolute atomic E-state index is 5.93. The summed E-state index contributed by atoms with van der Waals surface area (Å²) in [5, 5.41) is 18.4. The lowest BCUT2D eigenvalue weighted by Gasteiger charge is -2.07. The number of benzene rings is 2. The van der Waals surface area contributed by atoms with Crippen LogP contribution < -0.4 is 4.74 Å². The molecular weight excluding hydrogens is 446 g/mol. The number of aromatic nitrogens is 5. The van der Waals surface area contributed by atoms with Crippen molar-refractivity contribution in [2.45, 2.75) is 37.1 Å². The topological polar surface area (TPSA) is 78.9 Å². The van der Waals surface area contributed by atoms with E-state index in [1.165, 1.54) is 17.3 Å². The van der Waals surface area contributed by atoms with Crippen LogP contribution in [0.2, 0.25) is 5.02 Å². The van der Waals surface area contributed by atoms with E-state index in [-0.39, 0.29) is 0 Å². The lowest BCUT2D eigenvalue weighted by atomic mass is 10.0. The molecule has 2 aromatic heterocycles. The molecule has 4 aromatic rings. The summed E-state index contributed by atoms with van der Waals surface area (Å²) in [6.07, 6.45) is 2.84. The van der Waals surface area contributed by atoms with Crippen molar-refractivity contribution >= 4 is 23.4 Å². The maximum Gasteiger partial charge on any atom is 0.247 e. The van der Waals surface area contributed by atoms with E-state index in [1.54, 1.807) is 19.2 Å². The molecule has 0 saturated carbocycles. The first-order valence-corrected chi connectivity index (χ1v) is 11.6. The first kappa shape index (κ1) is 22.4. The van der Waals surface area contributed by atoms with E-state index in [2.05, 4.69) is 39.5 Å². The molecule has 0 radical (unpaired) electrons. The fourth-order valence-corrected chi connectivity index (χ4v) is 4.28. The van der Waals surface area contributed by atoms with Crippen LogP contribution in [0.15, 0.2) is 52.0 Å². The second kappa shape index (κ2) is 10.2. The number of aryl methyl sites for hydroxylation is 3. The van der Waals surface area contributed by atoms with E-state index in [0.29, 0.717) is 22.6 Å². The number of hydrogen-bond acceptors (Lipinski definition) is 7. The summed E-state index contributed by atoms with van der Waals surface area (Å²) in [7, 11) is 3.69. The summed E-state index contributed by atoms with van der Waals surface area (Å²) < 4.78 is 13.1. The Kier molecular flexibility index (Phi) is 7.12. The fourth-order valence-electron chi connectivity index (χ4n) is 3.38. The highest BCUT2D eigenvalue weighted by Crippen LogP contribution is 2.25. The van der Waals surface area contributed by atoms with Crippen molar-refractivity contribution in [3.05, 3.63) is 70.3 Å². The lowest BCUT2D eigenvalue weighted by Crippen LogP contribution is -2.01. The number of ether oxygens (including phenoxy) is 1. The van der Waals surface area contributed by atoms with Gasteiger partial charge in [-0.15, -0.1) is 20.4 Å². The van der Waals surface area contributed by atoms with E-state index in [4.69, 9.17) is 20.8 Å². The molecule has 0 aliphatic carbocycles. The van der Waals surface area contributed by atoms with Crippen molar-refractivity contribution in [3.63, 3.8) is 0 Å². The Labute approximate surface area is 196 Å². The number of halogens is 1. The quantitative estimate of drug-likeness (QED) is 0.307. The second-order valence-corrected chi connectivity index (χ2v) is 8.79. The molecule has 2 aromatic carbocycles. The highest BCUT2D eigenvalue weighted by Gasteiger charge is 2.13. The largest absolute Gasteiger partial charge is 0.496 e. The zero-order valence-corrected chi connectivity index (χ0v) is 19.8. The number of thioether (sulfide) groups is 1. The SMILES string of the molecule is COc1ccc(CCCc2nnc(SCc3nnc(-c4ccc(Cl)cc4)o3)n2C)cc1C. The van der Waals surface area contributed by atoms with Crippen molar-refractivity contribution in [1.29, 1.82) is 0 Å². The molecule has 2 heterocycles. The van der Waals surface area contributed by atoms with Gasteiger partial charge in [-0.2, -0.15) is 0 Å². The predicted octanol–water partition coefficient (Wildman–Crippen LogP) is 5.30. The second-order valence-electron chi connectivity index (χ2n) is 7.41. The summed E-state index contributed by atoms with van der Waals surface area (Å²) in [4.78, 5) is 0. The van der Waals surface area contributed by atoms with Gasteiger partial charge in [-0.05, 0) is 61.2 Å². The Balaban J connectivity index is 1.30. The Bertz CT molecular complexity index is 1190. The van der Waals surface area contributed by atoms with Gasteiger partial charge in [-0.1, -0.05) is 35.5 Å². The molecule has 32 heavy (non-hydrogen) atoms. The minimum Gasteiger partial charge on any atom is -0.496 e. The van der Waals surface area contributed by atoms with Gasteiger partial charge < -0.3 is 13.7 Å². The van der Waals surface area contributed by atoms with Gasteiger partial charge in [0.25, 0.3) is 0 Å². The number of rotatable bonds is 9. The van der Waals surface area contributed by atoms with Crippen LogP contribution in [0.3, 0.4) is 0 Å². The third-order valence-corrected chi connectivity index (χ3v) is 6.39. The minimum absolute atomic E-state index is 0.477. The van der Waals surface area contributed by atoms with Gasteiger partial charge in [0.05, 0.1) is 12.9 Å².